The van der Waals surface area contributed by atoms with Crippen LogP contribution in [0.25, 0.3) is 0 Å². The predicted octanol–water partition coefficient (Wildman–Crippen LogP) is 3.79. The Morgan fingerprint density at radius 3 is 1.24 bits per heavy atom. The van der Waals surface area contributed by atoms with Crippen molar-refractivity contribution < 1.29 is 31.0 Å². The molecule has 0 aliphatic carbocycles. The molecule has 13 heteroatoms. The molecular formula is C25H60N2O7Si4. The summed E-state index contributed by atoms with van der Waals surface area (Å²) in [5.41, 5.74) is 4.37. The van der Waals surface area contributed by atoms with E-state index >= 15 is 0 Å². The van der Waals surface area contributed by atoms with E-state index in [-0.39, 0.29) is 5.79 Å². The third-order valence-electron chi connectivity index (χ3n) is 5.93. The van der Waals surface area contributed by atoms with E-state index in [1.54, 1.807) is 0 Å². The van der Waals surface area contributed by atoms with Crippen LogP contribution in [0.3, 0.4) is 0 Å². The number of hydrogen-bond donors (Lipinski definition) is 2. The monoisotopic (exact) mass is 612 g/mol. The maximum atomic E-state index is 6.01. The fraction of sp³-hybridized carbons (Fsp3) is 0.920. The first-order valence-electron chi connectivity index (χ1n) is 14.8. The van der Waals surface area contributed by atoms with Gasteiger partial charge in [0.25, 0.3) is 0 Å². The lowest BCUT2D eigenvalue weighted by atomic mass is 10.4. The maximum Gasteiger partial charge on any atom is 0.528 e. The van der Waals surface area contributed by atoms with Gasteiger partial charge in [0.1, 0.15) is 0 Å². The van der Waals surface area contributed by atoms with Gasteiger partial charge in [-0.1, -0.05) is 5.70 Å². The van der Waals surface area contributed by atoms with E-state index in [1.807, 2.05) is 48.5 Å². The minimum Gasteiger partial charge on any atom is -0.395 e. The molecule has 0 heterocycles. The van der Waals surface area contributed by atoms with Crippen LogP contribution in [-0.2, 0) is 31.0 Å². The van der Waals surface area contributed by atoms with E-state index < -0.39 is 35.4 Å². The molecule has 0 radical (unpaired) electrons. The normalized spacial score (nSPS) is 13.6. The Kier molecular flexibility index (Phi) is 23.0. The molecule has 0 saturated carbocycles. The molecule has 38 heavy (non-hydrogen) atoms. The summed E-state index contributed by atoms with van der Waals surface area (Å²) >= 11 is 0. The molecule has 2 N–H and O–H groups in total. The molecule has 0 saturated heterocycles. The topological polar surface area (TPSA) is 88.7 Å². The molecule has 228 valence electrons. The molecule has 0 fully saturated rings. The van der Waals surface area contributed by atoms with E-state index in [1.165, 1.54) is 0 Å². The molecule has 0 aliphatic heterocycles. The van der Waals surface area contributed by atoms with Crippen molar-refractivity contribution in [3.8, 4) is 0 Å². The van der Waals surface area contributed by atoms with Crippen molar-refractivity contribution in [3.05, 3.63) is 11.4 Å². The average Bonchev–Trinajstić information content (AvgIpc) is 2.85. The summed E-state index contributed by atoms with van der Waals surface area (Å²) in [6.45, 7) is 24.8. The highest BCUT2D eigenvalue weighted by molar-refractivity contribution is 6.68. The third-order valence-corrected chi connectivity index (χ3v) is 16.8. The SMILES string of the molecule is CCO[Si](C)(CCCNC(NCCC[Si](C)(OCC)OCC)[SiH2]C=C[Si](OCC)(OCC)OCC)OCC. The highest BCUT2D eigenvalue weighted by atomic mass is 28.4. The van der Waals surface area contributed by atoms with Gasteiger partial charge in [0, 0.05) is 52.0 Å². The zero-order chi connectivity index (χ0) is 28.8. The van der Waals surface area contributed by atoms with E-state index in [0.717, 1.165) is 38.0 Å². The fourth-order valence-corrected chi connectivity index (χ4v) is 13.7. The van der Waals surface area contributed by atoms with Crippen LogP contribution in [0.2, 0.25) is 25.2 Å². The summed E-state index contributed by atoms with van der Waals surface area (Å²) < 4.78 is 42.0. The summed E-state index contributed by atoms with van der Waals surface area (Å²) in [7, 11) is -7.66. The zero-order valence-corrected chi connectivity index (χ0v) is 30.4. The fourth-order valence-electron chi connectivity index (χ4n) is 4.43. The molecule has 0 aromatic carbocycles. The molecule has 0 rings (SSSR count). The van der Waals surface area contributed by atoms with Crippen LogP contribution < -0.4 is 10.6 Å². The lowest BCUT2D eigenvalue weighted by molar-refractivity contribution is 0.0843. The van der Waals surface area contributed by atoms with E-state index in [9.17, 15) is 0 Å². The molecule has 0 aromatic heterocycles. The van der Waals surface area contributed by atoms with Gasteiger partial charge >= 0.3 is 25.9 Å². The van der Waals surface area contributed by atoms with Crippen molar-refractivity contribution in [2.75, 3.05) is 59.3 Å². The van der Waals surface area contributed by atoms with Gasteiger partial charge in [0.05, 0.1) is 9.52 Å². The van der Waals surface area contributed by atoms with Crippen molar-refractivity contribution in [2.45, 2.75) is 92.3 Å². The van der Waals surface area contributed by atoms with Crippen LogP contribution in [0.1, 0.15) is 61.3 Å². The zero-order valence-electron chi connectivity index (χ0n) is 26.0. The first-order valence-corrected chi connectivity index (χ1v) is 23.3. The van der Waals surface area contributed by atoms with Crippen LogP contribution >= 0.6 is 0 Å². The van der Waals surface area contributed by atoms with Crippen molar-refractivity contribution in [2.24, 2.45) is 0 Å². The number of hydrogen-bond acceptors (Lipinski definition) is 9. The predicted molar refractivity (Wildman–Crippen MR) is 167 cm³/mol. The minimum atomic E-state index is -2.78. The largest absolute Gasteiger partial charge is 0.528 e. The first kappa shape index (κ1) is 38.2. The van der Waals surface area contributed by atoms with Crippen LogP contribution in [-0.4, -0.2) is 101 Å². The molecule has 0 spiro atoms. The van der Waals surface area contributed by atoms with Gasteiger partial charge in [-0.05, 0) is 105 Å². The molecule has 0 aliphatic rings. The summed E-state index contributed by atoms with van der Waals surface area (Å²) in [6.07, 6.45) is 2.04. The molecule has 0 aromatic rings. The van der Waals surface area contributed by atoms with Gasteiger partial charge in [-0.2, -0.15) is 0 Å². The lowest BCUT2D eigenvalue weighted by Crippen LogP contribution is -2.49. The highest BCUT2D eigenvalue weighted by Gasteiger charge is 2.37. The van der Waals surface area contributed by atoms with Crippen LogP contribution in [0.5, 0.6) is 0 Å². The second-order valence-corrected chi connectivity index (χ2v) is 20.1. The summed E-state index contributed by atoms with van der Waals surface area (Å²) in [5.74, 6) is 0.252. The quantitative estimate of drug-likeness (QED) is 0.0817. The second-order valence-electron chi connectivity index (χ2n) is 9.21. The van der Waals surface area contributed by atoms with E-state index in [2.05, 4.69) is 35.1 Å². The Balaban J connectivity index is 5.19. The Hall–Kier alpha value is 0.248. The van der Waals surface area contributed by atoms with E-state index in [4.69, 9.17) is 31.0 Å². The van der Waals surface area contributed by atoms with Gasteiger partial charge < -0.3 is 41.6 Å². The Morgan fingerprint density at radius 2 is 0.921 bits per heavy atom. The molecular weight excluding hydrogens is 553 g/mol. The van der Waals surface area contributed by atoms with Crippen LogP contribution in [0.4, 0.5) is 0 Å². The summed E-state index contributed by atoms with van der Waals surface area (Å²) in [4.78, 5) is 0. The van der Waals surface area contributed by atoms with Gasteiger partial charge in [-0.25, -0.2) is 0 Å². The van der Waals surface area contributed by atoms with Crippen molar-refractivity contribution in [1.29, 1.82) is 0 Å². The van der Waals surface area contributed by atoms with Gasteiger partial charge in [-0.3, -0.25) is 0 Å². The maximum absolute atomic E-state index is 6.01. The Morgan fingerprint density at radius 1 is 0.579 bits per heavy atom. The van der Waals surface area contributed by atoms with Crippen molar-refractivity contribution >= 4 is 35.4 Å². The summed E-state index contributed by atoms with van der Waals surface area (Å²) in [5, 5.41) is 7.52. The Labute approximate surface area is 239 Å². The Bertz CT molecular complexity index is 535. The van der Waals surface area contributed by atoms with Crippen LogP contribution in [0, 0.1) is 0 Å². The smallest absolute Gasteiger partial charge is 0.395 e. The number of nitrogens with one attached hydrogen (secondary N) is 2. The van der Waals surface area contributed by atoms with Gasteiger partial charge in [0.2, 0.25) is 0 Å². The van der Waals surface area contributed by atoms with Crippen molar-refractivity contribution in [1.82, 2.24) is 10.6 Å². The van der Waals surface area contributed by atoms with E-state index in [0.29, 0.717) is 46.2 Å². The van der Waals surface area contributed by atoms with Crippen molar-refractivity contribution in [3.63, 3.8) is 0 Å². The molecule has 0 unspecified atom stereocenters. The lowest BCUT2D eigenvalue weighted by Gasteiger charge is -2.27. The standard InChI is InChI=1S/C25H60N2O7Si4/c1-10-28-36(8,29-11-2)22-17-19-26-25(27-20-18-23-37(9,30-12-3)31-13-4)35-21-24-38(32-14-5,33-15-6)34-16-7/h21,24-27H,10-20,22-23,35H2,1-9H3. The van der Waals surface area contributed by atoms with Crippen LogP contribution in [0.15, 0.2) is 11.4 Å². The number of rotatable bonds is 27. The van der Waals surface area contributed by atoms with Gasteiger partial charge in [-0.15, -0.1) is 0 Å². The minimum absolute atomic E-state index is 0.252. The molecule has 0 amide bonds. The first-order chi connectivity index (χ1) is 18.2. The van der Waals surface area contributed by atoms with Gasteiger partial charge in [0.15, 0.2) is 0 Å². The average molecular weight is 613 g/mol. The highest BCUT2D eigenvalue weighted by Crippen LogP contribution is 2.17. The summed E-state index contributed by atoms with van der Waals surface area (Å²) in [6, 6.07) is 1.96. The molecule has 9 nitrogen and oxygen atoms in total. The third kappa shape index (κ3) is 17.1. The molecule has 0 bridgehead atoms. The second kappa shape index (κ2) is 22.9. The molecule has 0 atom stereocenters.